The second-order valence-corrected chi connectivity index (χ2v) is 6.19. The zero-order valence-corrected chi connectivity index (χ0v) is 11.9. The van der Waals surface area contributed by atoms with Crippen LogP contribution in [0, 0.1) is 61.6 Å². The molecule has 0 amide bonds. The second kappa shape index (κ2) is 3.95. The van der Waals surface area contributed by atoms with Gasteiger partial charge in [0.05, 0.1) is 29.7 Å². The van der Waals surface area contributed by atoms with Crippen molar-refractivity contribution in [1.82, 2.24) is 0 Å². The lowest BCUT2D eigenvalue weighted by Gasteiger charge is -2.50. The molecule has 2 aliphatic heterocycles. The molecule has 1 N–H and O–H groups in total. The zero-order chi connectivity index (χ0) is 15.3. The summed E-state index contributed by atoms with van der Waals surface area (Å²) in [6.45, 7) is 7.03. The normalized spacial score (nSPS) is 36.6. The minimum absolute atomic E-state index is 0.157. The van der Waals surface area contributed by atoms with Gasteiger partial charge in [-0.2, -0.15) is 15.8 Å². The van der Waals surface area contributed by atoms with E-state index in [1.54, 1.807) is 13.8 Å². The molecule has 2 aliphatic rings. The summed E-state index contributed by atoms with van der Waals surface area (Å²) in [6, 6.07) is 6.00. The first-order valence-corrected chi connectivity index (χ1v) is 6.40. The summed E-state index contributed by atoms with van der Waals surface area (Å²) in [5.41, 5.74) is -4.33. The summed E-state index contributed by atoms with van der Waals surface area (Å²) in [4.78, 5) is 0. The van der Waals surface area contributed by atoms with E-state index in [1.165, 1.54) is 0 Å². The van der Waals surface area contributed by atoms with Gasteiger partial charge in [0.1, 0.15) is 0 Å². The smallest absolute Gasteiger partial charge is 0.209 e. The quantitative estimate of drug-likeness (QED) is 0.783. The third-order valence-electron chi connectivity index (χ3n) is 4.54. The van der Waals surface area contributed by atoms with Crippen LogP contribution in [-0.4, -0.2) is 18.3 Å². The Balaban J connectivity index is 2.84. The lowest BCUT2D eigenvalue weighted by molar-refractivity contribution is -0.241. The molecule has 0 spiro atoms. The van der Waals surface area contributed by atoms with E-state index >= 15 is 0 Å². The van der Waals surface area contributed by atoms with Gasteiger partial charge in [-0.1, -0.05) is 27.7 Å². The van der Waals surface area contributed by atoms with Crippen LogP contribution in [0.1, 0.15) is 27.7 Å². The minimum Gasteiger partial charge on any atom is -0.450 e. The van der Waals surface area contributed by atoms with Crippen LogP contribution in [0.2, 0.25) is 0 Å². The predicted octanol–water partition coefficient (Wildman–Crippen LogP) is 1.94. The Hall–Kier alpha value is -2.10. The third-order valence-corrected chi connectivity index (χ3v) is 4.54. The van der Waals surface area contributed by atoms with E-state index < -0.39 is 28.6 Å². The number of fused-ring (bicyclic) bond motifs is 2. The summed E-state index contributed by atoms with van der Waals surface area (Å²) in [5, 5.41) is 37.1. The minimum atomic E-state index is -1.76. The Bertz CT molecular complexity index is 576. The van der Waals surface area contributed by atoms with E-state index in [-0.39, 0.29) is 11.8 Å². The molecular weight excluding hydrogens is 256 g/mol. The van der Waals surface area contributed by atoms with Crippen LogP contribution in [-0.2, 0) is 9.47 Å². The number of hydrogen-bond donors (Lipinski definition) is 1. The number of ether oxygens (including phenoxy) is 2. The first kappa shape index (κ1) is 14.3. The number of nitrogens with zero attached hydrogens (tertiary/aromatic N) is 3. The first-order chi connectivity index (χ1) is 9.25. The molecule has 6 nitrogen and oxygen atoms in total. The van der Waals surface area contributed by atoms with Crippen molar-refractivity contribution in [3.05, 3.63) is 0 Å². The Morgan fingerprint density at radius 3 is 2.10 bits per heavy atom. The molecule has 0 aliphatic carbocycles. The zero-order valence-electron chi connectivity index (χ0n) is 11.9. The van der Waals surface area contributed by atoms with Gasteiger partial charge < -0.3 is 9.47 Å². The van der Waals surface area contributed by atoms with E-state index in [2.05, 4.69) is 6.07 Å². The van der Waals surface area contributed by atoms with E-state index in [0.717, 1.165) is 0 Å². The molecule has 6 heteroatoms. The molecule has 0 aromatic carbocycles. The van der Waals surface area contributed by atoms with Crippen molar-refractivity contribution in [2.24, 2.45) is 22.2 Å². The van der Waals surface area contributed by atoms with Gasteiger partial charge in [0.15, 0.2) is 10.8 Å². The highest BCUT2D eigenvalue weighted by Gasteiger charge is 2.79. The fourth-order valence-corrected chi connectivity index (χ4v) is 3.41. The standard InChI is InChI=1S/C14H16N4O2/c1-8(2)9-13(5-15,6-16)14(7-17)10(18)20-11(19-9)12(14,3)4/h8-9,11,18H,1-4H3/t9-,11+,14+/m1/s1. The summed E-state index contributed by atoms with van der Waals surface area (Å²) < 4.78 is 11.2. The fourth-order valence-electron chi connectivity index (χ4n) is 3.41. The molecule has 20 heavy (non-hydrogen) atoms. The van der Waals surface area contributed by atoms with Gasteiger partial charge in [0.25, 0.3) is 0 Å². The average molecular weight is 272 g/mol. The molecule has 3 atom stereocenters. The summed E-state index contributed by atoms with van der Waals surface area (Å²) in [5.74, 6) is -0.503. The molecule has 0 aromatic rings. The van der Waals surface area contributed by atoms with Crippen molar-refractivity contribution in [2.45, 2.75) is 40.1 Å². The molecule has 0 saturated carbocycles. The van der Waals surface area contributed by atoms with E-state index in [1.807, 2.05) is 26.0 Å². The van der Waals surface area contributed by atoms with Crippen LogP contribution >= 0.6 is 0 Å². The van der Waals surface area contributed by atoms with Gasteiger partial charge in [-0.15, -0.1) is 0 Å². The SMILES string of the molecule is CC(C)[C@H]1O[C@H]2OC(=N)[C@@](C#N)(C2(C)C)C1(C#N)C#N. The molecule has 2 rings (SSSR count). The topological polar surface area (TPSA) is 114 Å². The lowest BCUT2D eigenvalue weighted by atomic mass is 9.49. The van der Waals surface area contributed by atoms with Crippen LogP contribution in [0.4, 0.5) is 0 Å². The Morgan fingerprint density at radius 1 is 1.15 bits per heavy atom. The molecular formula is C14H16N4O2. The van der Waals surface area contributed by atoms with E-state index in [9.17, 15) is 15.8 Å². The second-order valence-electron chi connectivity index (χ2n) is 6.19. The Labute approximate surface area is 118 Å². The van der Waals surface area contributed by atoms with Crippen molar-refractivity contribution >= 4 is 5.90 Å². The van der Waals surface area contributed by atoms with Crippen molar-refractivity contribution < 1.29 is 9.47 Å². The highest BCUT2D eigenvalue weighted by molar-refractivity contribution is 5.89. The summed E-state index contributed by atoms with van der Waals surface area (Å²) in [7, 11) is 0. The van der Waals surface area contributed by atoms with Crippen LogP contribution in [0.3, 0.4) is 0 Å². The molecule has 2 bridgehead atoms. The van der Waals surface area contributed by atoms with Gasteiger partial charge in [-0.25, -0.2) is 0 Å². The largest absolute Gasteiger partial charge is 0.450 e. The van der Waals surface area contributed by atoms with Gasteiger partial charge >= 0.3 is 0 Å². The Morgan fingerprint density at radius 2 is 1.70 bits per heavy atom. The van der Waals surface area contributed by atoms with Crippen LogP contribution in [0.15, 0.2) is 0 Å². The van der Waals surface area contributed by atoms with Crippen molar-refractivity contribution in [3.63, 3.8) is 0 Å². The lowest BCUT2D eigenvalue weighted by Crippen LogP contribution is -2.63. The monoisotopic (exact) mass is 272 g/mol. The van der Waals surface area contributed by atoms with Crippen molar-refractivity contribution in [1.29, 1.82) is 21.2 Å². The molecule has 2 fully saturated rings. The highest BCUT2D eigenvalue weighted by atomic mass is 16.7. The average Bonchev–Trinajstić information content (AvgIpc) is 2.52. The molecule has 104 valence electrons. The maximum atomic E-state index is 9.74. The van der Waals surface area contributed by atoms with Gasteiger partial charge in [-0.3, -0.25) is 5.41 Å². The van der Waals surface area contributed by atoms with E-state index in [0.29, 0.717) is 0 Å². The molecule has 0 radical (unpaired) electrons. The first-order valence-electron chi connectivity index (χ1n) is 6.40. The predicted molar refractivity (Wildman–Crippen MR) is 67.8 cm³/mol. The Kier molecular flexibility index (Phi) is 2.82. The van der Waals surface area contributed by atoms with Crippen molar-refractivity contribution in [2.75, 3.05) is 0 Å². The molecule has 2 saturated heterocycles. The fraction of sp³-hybridized carbons (Fsp3) is 0.714. The van der Waals surface area contributed by atoms with Crippen molar-refractivity contribution in [3.8, 4) is 18.2 Å². The maximum absolute atomic E-state index is 9.74. The molecule has 0 unspecified atom stereocenters. The maximum Gasteiger partial charge on any atom is 0.209 e. The third kappa shape index (κ3) is 1.17. The van der Waals surface area contributed by atoms with Crippen LogP contribution in [0.5, 0.6) is 0 Å². The van der Waals surface area contributed by atoms with Gasteiger partial charge in [-0.05, 0) is 5.92 Å². The van der Waals surface area contributed by atoms with Gasteiger partial charge in [0, 0.05) is 0 Å². The number of nitrogens with one attached hydrogen (secondary N) is 1. The van der Waals surface area contributed by atoms with E-state index in [4.69, 9.17) is 14.9 Å². The number of nitriles is 3. The summed E-state index contributed by atoms with van der Waals surface area (Å²) in [6.07, 6.45) is -1.57. The van der Waals surface area contributed by atoms with Crippen LogP contribution in [0.25, 0.3) is 0 Å². The van der Waals surface area contributed by atoms with Gasteiger partial charge in [0.2, 0.25) is 12.2 Å². The number of hydrogen-bond acceptors (Lipinski definition) is 6. The molecule has 2 heterocycles. The highest BCUT2D eigenvalue weighted by Crippen LogP contribution is 2.65. The summed E-state index contributed by atoms with van der Waals surface area (Å²) >= 11 is 0. The number of rotatable bonds is 1. The van der Waals surface area contributed by atoms with Crippen LogP contribution < -0.4 is 0 Å². The molecule has 0 aromatic heterocycles.